The van der Waals surface area contributed by atoms with Crippen LogP contribution < -0.4 is 5.73 Å². The van der Waals surface area contributed by atoms with Crippen molar-refractivity contribution in [2.24, 2.45) is 4.99 Å². The highest BCUT2D eigenvalue weighted by molar-refractivity contribution is 7.86. The number of benzene rings is 2. The minimum absolute atomic E-state index is 0.178. The van der Waals surface area contributed by atoms with Gasteiger partial charge in [-0.1, -0.05) is 24.3 Å². The maximum atomic E-state index is 12.2. The lowest BCUT2D eigenvalue weighted by molar-refractivity contribution is 0.441. The van der Waals surface area contributed by atoms with Gasteiger partial charge in [-0.3, -0.25) is 14.1 Å². The lowest BCUT2D eigenvalue weighted by atomic mass is 9.90. The van der Waals surface area contributed by atoms with Crippen LogP contribution in [0, 0.1) is 0 Å². The summed E-state index contributed by atoms with van der Waals surface area (Å²) in [6, 6.07) is 7.74. The van der Waals surface area contributed by atoms with Crippen LogP contribution in [-0.4, -0.2) is 43.3 Å². The Kier molecular flexibility index (Phi) is 6.37. The first-order valence-electron chi connectivity index (χ1n) is 9.25. The fourth-order valence-electron chi connectivity index (χ4n) is 3.21. The second-order valence-corrected chi connectivity index (χ2v) is 9.56. The molecule has 32 heavy (non-hydrogen) atoms. The van der Waals surface area contributed by atoms with Gasteiger partial charge < -0.3 is 10.8 Å². The van der Waals surface area contributed by atoms with Crippen LogP contribution in [0.2, 0.25) is 0 Å². The van der Waals surface area contributed by atoms with E-state index < -0.39 is 35.8 Å². The molecule has 0 saturated carbocycles. The molecule has 0 spiro atoms. The van der Waals surface area contributed by atoms with Crippen LogP contribution in [0.3, 0.4) is 0 Å². The lowest BCUT2D eigenvalue weighted by Gasteiger charge is -2.18. The van der Waals surface area contributed by atoms with Gasteiger partial charge >= 0.3 is 0 Å². The first-order valence-corrected chi connectivity index (χ1v) is 12.1. The molecule has 0 atom stereocenters. The topological polar surface area (TPSA) is 167 Å². The molecule has 0 radical (unpaired) electrons. The van der Waals surface area contributed by atoms with Gasteiger partial charge in [-0.25, -0.2) is 0 Å². The first kappa shape index (κ1) is 23.4. The summed E-state index contributed by atoms with van der Waals surface area (Å²) in [7, 11) is -9.94. The summed E-state index contributed by atoms with van der Waals surface area (Å²) in [5.74, 6) is -0.888. The summed E-state index contributed by atoms with van der Waals surface area (Å²) in [6.07, 6.45) is 6.74. The molecule has 11 heteroatoms. The standard InChI is InChI=1S/C21H20N2O7S2/c1-2-23-16-9-5-14(6-10-16)21(13-3-7-15(22)8-4-13)17-11-18(24)20(32(28,29)30)12-19(17)31(25,26)27/h3-12,24H,2,22H2,1H3,(H,25,26,27)(H,28,29,30). The number of anilines is 1. The molecule has 9 nitrogen and oxygen atoms in total. The summed E-state index contributed by atoms with van der Waals surface area (Å²) in [4.78, 5) is 2.42. The summed E-state index contributed by atoms with van der Waals surface area (Å²) in [5, 5.41) is 10.3. The number of phenols is 1. The normalized spacial score (nSPS) is 14.0. The number of phenolic OH excluding ortho intramolecular Hbond substituents is 1. The molecule has 0 heterocycles. The fourth-order valence-corrected chi connectivity index (χ4v) is 4.58. The monoisotopic (exact) mass is 476 g/mol. The van der Waals surface area contributed by atoms with Crippen molar-refractivity contribution in [1.29, 1.82) is 0 Å². The van der Waals surface area contributed by atoms with Crippen LogP contribution in [0.15, 0.2) is 81.1 Å². The van der Waals surface area contributed by atoms with E-state index >= 15 is 0 Å². The Bertz CT molecular complexity index is 1380. The molecule has 3 rings (SSSR count). The quantitative estimate of drug-likeness (QED) is 0.377. The van der Waals surface area contributed by atoms with Crippen molar-refractivity contribution in [1.82, 2.24) is 0 Å². The Morgan fingerprint density at radius 3 is 1.97 bits per heavy atom. The number of nitrogens with two attached hydrogens (primary N) is 1. The Morgan fingerprint density at radius 2 is 1.47 bits per heavy atom. The Morgan fingerprint density at radius 1 is 0.906 bits per heavy atom. The third kappa shape index (κ3) is 4.97. The summed E-state index contributed by atoms with van der Waals surface area (Å²) < 4.78 is 66.6. The van der Waals surface area contributed by atoms with E-state index in [0.717, 1.165) is 6.07 Å². The molecular weight excluding hydrogens is 456 g/mol. The molecule has 1 aliphatic carbocycles. The number of allylic oxidation sites excluding steroid dienone is 5. The smallest absolute Gasteiger partial charge is 0.298 e. The van der Waals surface area contributed by atoms with Gasteiger partial charge in [-0.05, 0) is 60.1 Å². The molecule has 1 aliphatic rings. The zero-order valence-electron chi connectivity index (χ0n) is 16.8. The van der Waals surface area contributed by atoms with Crippen LogP contribution in [0.4, 0.5) is 5.69 Å². The van der Waals surface area contributed by atoms with Crippen LogP contribution in [0.25, 0.3) is 5.57 Å². The van der Waals surface area contributed by atoms with E-state index in [1.165, 1.54) is 0 Å². The maximum absolute atomic E-state index is 12.2. The Balaban J connectivity index is 2.41. The molecule has 0 amide bonds. The van der Waals surface area contributed by atoms with E-state index in [9.17, 15) is 31.0 Å². The predicted molar refractivity (Wildman–Crippen MR) is 121 cm³/mol. The highest BCUT2D eigenvalue weighted by Gasteiger charge is 2.27. The highest BCUT2D eigenvalue weighted by atomic mass is 32.2. The molecule has 0 unspecified atom stereocenters. The van der Waals surface area contributed by atoms with E-state index in [0.29, 0.717) is 35.1 Å². The van der Waals surface area contributed by atoms with Crippen molar-refractivity contribution in [2.45, 2.75) is 16.7 Å². The van der Waals surface area contributed by atoms with Crippen molar-refractivity contribution in [3.63, 3.8) is 0 Å². The number of hydrogen-bond donors (Lipinski definition) is 4. The summed E-state index contributed by atoms with van der Waals surface area (Å²) in [6.45, 7) is 2.43. The first-order chi connectivity index (χ1) is 14.9. The van der Waals surface area contributed by atoms with E-state index in [1.54, 1.807) is 48.6 Å². The molecule has 2 aromatic carbocycles. The SMILES string of the molecule is CCN=C1C=CC(=C(c2ccc(N)cc2)c2cc(O)c(S(=O)(=O)O)cc2S(=O)(=O)O)C=C1. The van der Waals surface area contributed by atoms with Gasteiger partial charge in [-0.2, -0.15) is 16.8 Å². The van der Waals surface area contributed by atoms with Gasteiger partial charge in [0.25, 0.3) is 20.2 Å². The third-order valence-electron chi connectivity index (χ3n) is 4.58. The van der Waals surface area contributed by atoms with Gasteiger partial charge in [0.1, 0.15) is 15.5 Å². The Hall–Kier alpha value is -3.25. The molecule has 0 aromatic heterocycles. The van der Waals surface area contributed by atoms with Crippen molar-refractivity contribution >= 4 is 37.2 Å². The maximum Gasteiger partial charge on any atom is 0.298 e. The molecule has 0 fully saturated rings. The van der Waals surface area contributed by atoms with E-state index in [-0.39, 0.29) is 11.1 Å². The van der Waals surface area contributed by atoms with E-state index in [1.807, 2.05) is 6.92 Å². The number of aliphatic imine (C=N–C) groups is 1. The van der Waals surface area contributed by atoms with Gasteiger partial charge in [0.15, 0.2) is 0 Å². The number of nitrogen functional groups attached to an aromatic ring is 1. The van der Waals surface area contributed by atoms with Crippen molar-refractivity contribution in [2.75, 3.05) is 12.3 Å². The fraction of sp³-hybridized carbons (Fsp3) is 0.0952. The highest BCUT2D eigenvalue weighted by Crippen LogP contribution is 2.38. The van der Waals surface area contributed by atoms with Crippen LogP contribution in [0.5, 0.6) is 5.75 Å². The molecule has 2 aromatic rings. The van der Waals surface area contributed by atoms with E-state index in [4.69, 9.17) is 5.73 Å². The van der Waals surface area contributed by atoms with Crippen LogP contribution in [-0.2, 0) is 20.2 Å². The van der Waals surface area contributed by atoms with Gasteiger partial charge in [0.2, 0.25) is 0 Å². The second kappa shape index (κ2) is 8.71. The van der Waals surface area contributed by atoms with Crippen LogP contribution >= 0.6 is 0 Å². The summed E-state index contributed by atoms with van der Waals surface area (Å²) >= 11 is 0. The molecular formula is C21H20N2O7S2. The summed E-state index contributed by atoms with van der Waals surface area (Å²) in [5.41, 5.74) is 7.95. The van der Waals surface area contributed by atoms with E-state index in [2.05, 4.69) is 4.99 Å². The number of rotatable bonds is 5. The zero-order valence-corrected chi connectivity index (χ0v) is 18.4. The molecule has 5 N–H and O–H groups in total. The minimum Gasteiger partial charge on any atom is -0.506 e. The average Bonchev–Trinajstić information content (AvgIpc) is 2.69. The van der Waals surface area contributed by atoms with Gasteiger partial charge in [0.05, 0.1) is 5.71 Å². The Labute approximate surface area is 185 Å². The van der Waals surface area contributed by atoms with Crippen LogP contribution in [0.1, 0.15) is 18.1 Å². The second-order valence-electron chi connectivity index (χ2n) is 6.78. The predicted octanol–water partition coefficient (Wildman–Crippen LogP) is 2.86. The van der Waals surface area contributed by atoms with Gasteiger partial charge in [0, 0.05) is 17.8 Å². The largest absolute Gasteiger partial charge is 0.506 e. The molecule has 168 valence electrons. The minimum atomic E-state index is -4.97. The average molecular weight is 477 g/mol. The zero-order chi connectivity index (χ0) is 23.7. The van der Waals surface area contributed by atoms with Gasteiger partial charge in [-0.15, -0.1) is 0 Å². The van der Waals surface area contributed by atoms with Crippen molar-refractivity contribution < 1.29 is 31.0 Å². The van der Waals surface area contributed by atoms with Crippen molar-refractivity contribution in [3.05, 3.63) is 77.4 Å². The lowest BCUT2D eigenvalue weighted by Crippen LogP contribution is -2.09. The molecule has 0 bridgehead atoms. The third-order valence-corrected chi connectivity index (χ3v) is 6.36. The molecule has 0 aliphatic heterocycles. The molecule has 0 saturated heterocycles. The number of hydrogen-bond acceptors (Lipinski definition) is 7. The number of aromatic hydroxyl groups is 1. The number of nitrogens with zero attached hydrogens (tertiary/aromatic N) is 1. The van der Waals surface area contributed by atoms with Crippen molar-refractivity contribution in [3.8, 4) is 5.75 Å².